The summed E-state index contributed by atoms with van der Waals surface area (Å²) < 4.78 is 5.56. The third kappa shape index (κ3) is 4.49. The number of hydrogen-bond donors (Lipinski definition) is 2. The van der Waals surface area contributed by atoms with Crippen LogP contribution >= 0.6 is 0 Å². The second-order valence-corrected chi connectivity index (χ2v) is 5.37. The van der Waals surface area contributed by atoms with Crippen molar-refractivity contribution in [3.05, 3.63) is 29.8 Å². The minimum atomic E-state index is -0.487. The third-order valence-corrected chi connectivity index (χ3v) is 3.56. The lowest BCUT2D eigenvalue weighted by atomic mass is 10.1. The van der Waals surface area contributed by atoms with Gasteiger partial charge >= 0.3 is 0 Å². The van der Waals surface area contributed by atoms with Crippen LogP contribution in [0.4, 0.5) is 0 Å². The van der Waals surface area contributed by atoms with E-state index in [0.29, 0.717) is 19.1 Å². The first-order chi connectivity index (χ1) is 9.17. The summed E-state index contributed by atoms with van der Waals surface area (Å²) in [5, 5.41) is 19.0. The minimum absolute atomic E-state index is 0.243. The molecule has 1 saturated heterocycles. The van der Waals surface area contributed by atoms with E-state index < -0.39 is 6.10 Å². The predicted octanol–water partition coefficient (Wildman–Crippen LogP) is 1.05. The van der Waals surface area contributed by atoms with Crippen molar-refractivity contribution in [2.45, 2.75) is 19.4 Å². The van der Waals surface area contributed by atoms with Gasteiger partial charge in [0.15, 0.2) is 0 Å². The van der Waals surface area contributed by atoms with E-state index in [1.165, 1.54) is 5.56 Å². The number of hydrogen-bond acceptors (Lipinski definition) is 4. The van der Waals surface area contributed by atoms with Gasteiger partial charge in [0.05, 0.1) is 0 Å². The second kappa shape index (κ2) is 6.89. The molecule has 0 spiro atoms. The van der Waals surface area contributed by atoms with Crippen LogP contribution in [0.1, 0.15) is 12.0 Å². The van der Waals surface area contributed by atoms with Gasteiger partial charge < -0.3 is 19.8 Å². The van der Waals surface area contributed by atoms with Gasteiger partial charge in [0, 0.05) is 19.7 Å². The smallest absolute Gasteiger partial charge is 0.119 e. The van der Waals surface area contributed by atoms with Crippen molar-refractivity contribution in [1.82, 2.24) is 4.90 Å². The predicted molar refractivity (Wildman–Crippen MR) is 74.3 cm³/mol. The van der Waals surface area contributed by atoms with Crippen molar-refractivity contribution in [3.8, 4) is 5.75 Å². The highest BCUT2D eigenvalue weighted by molar-refractivity contribution is 5.26. The van der Waals surface area contributed by atoms with E-state index in [-0.39, 0.29) is 6.61 Å². The van der Waals surface area contributed by atoms with Crippen LogP contribution in [0.15, 0.2) is 24.3 Å². The Morgan fingerprint density at radius 3 is 2.74 bits per heavy atom. The number of likely N-dealkylation sites (tertiary alicyclic amines) is 1. The summed E-state index contributed by atoms with van der Waals surface area (Å²) in [4.78, 5) is 2.18. The largest absolute Gasteiger partial charge is 0.491 e. The fourth-order valence-corrected chi connectivity index (χ4v) is 2.41. The van der Waals surface area contributed by atoms with E-state index in [1.54, 1.807) is 0 Å². The van der Waals surface area contributed by atoms with E-state index in [9.17, 15) is 5.11 Å². The standard InChI is InChI=1S/C15H23NO3/c1-12-2-4-15(5-3-12)19-11-14(18)9-16-7-6-13(8-16)10-17/h2-5,13-14,17-18H,6-11H2,1H3. The van der Waals surface area contributed by atoms with Crippen molar-refractivity contribution in [2.75, 3.05) is 32.8 Å². The monoisotopic (exact) mass is 265 g/mol. The molecule has 2 rings (SSSR count). The summed E-state index contributed by atoms with van der Waals surface area (Å²) in [7, 11) is 0. The Morgan fingerprint density at radius 2 is 2.11 bits per heavy atom. The number of aliphatic hydroxyl groups excluding tert-OH is 2. The number of aryl methyl sites for hydroxylation is 1. The lowest BCUT2D eigenvalue weighted by Crippen LogP contribution is -2.34. The Morgan fingerprint density at radius 1 is 1.37 bits per heavy atom. The van der Waals surface area contributed by atoms with E-state index >= 15 is 0 Å². The highest BCUT2D eigenvalue weighted by Crippen LogP contribution is 2.16. The number of aliphatic hydroxyl groups is 2. The van der Waals surface area contributed by atoms with Gasteiger partial charge in [-0.3, -0.25) is 0 Å². The first-order valence-electron chi connectivity index (χ1n) is 6.88. The zero-order valence-electron chi connectivity index (χ0n) is 11.5. The first-order valence-corrected chi connectivity index (χ1v) is 6.88. The average molecular weight is 265 g/mol. The molecule has 106 valence electrons. The van der Waals surface area contributed by atoms with Crippen molar-refractivity contribution in [3.63, 3.8) is 0 Å². The summed E-state index contributed by atoms with van der Waals surface area (Å²) in [5.41, 5.74) is 1.19. The summed E-state index contributed by atoms with van der Waals surface area (Å²) in [5.74, 6) is 1.16. The van der Waals surface area contributed by atoms with Crippen LogP contribution in [0.25, 0.3) is 0 Å². The van der Waals surface area contributed by atoms with Crippen LogP contribution in [0.3, 0.4) is 0 Å². The second-order valence-electron chi connectivity index (χ2n) is 5.37. The van der Waals surface area contributed by atoms with E-state index in [2.05, 4.69) is 4.90 Å². The lowest BCUT2D eigenvalue weighted by molar-refractivity contribution is 0.0735. The van der Waals surface area contributed by atoms with Crippen LogP contribution in [0.2, 0.25) is 0 Å². The van der Waals surface area contributed by atoms with Crippen molar-refractivity contribution in [2.24, 2.45) is 5.92 Å². The normalized spacial score (nSPS) is 21.5. The zero-order chi connectivity index (χ0) is 13.7. The maximum atomic E-state index is 9.96. The molecule has 0 aromatic heterocycles. The fourth-order valence-electron chi connectivity index (χ4n) is 2.41. The summed E-state index contributed by atoms with van der Waals surface area (Å²) in [6.07, 6.45) is 0.529. The Balaban J connectivity index is 1.70. The van der Waals surface area contributed by atoms with Gasteiger partial charge in [0.2, 0.25) is 0 Å². The molecule has 2 atom stereocenters. The Hall–Kier alpha value is -1.10. The lowest BCUT2D eigenvalue weighted by Gasteiger charge is -2.20. The van der Waals surface area contributed by atoms with Crippen LogP contribution in [0, 0.1) is 12.8 Å². The van der Waals surface area contributed by atoms with Gasteiger partial charge in [-0.1, -0.05) is 17.7 Å². The number of benzene rings is 1. The van der Waals surface area contributed by atoms with Crippen molar-refractivity contribution >= 4 is 0 Å². The molecule has 1 aliphatic rings. The van der Waals surface area contributed by atoms with Crippen LogP contribution in [-0.4, -0.2) is 54.1 Å². The SMILES string of the molecule is Cc1ccc(OCC(O)CN2CCC(CO)C2)cc1. The molecule has 0 radical (unpaired) electrons. The molecule has 4 nitrogen and oxygen atoms in total. The Kier molecular flexibility index (Phi) is 5.19. The maximum absolute atomic E-state index is 9.96. The van der Waals surface area contributed by atoms with Gasteiger partial charge in [-0.15, -0.1) is 0 Å². The maximum Gasteiger partial charge on any atom is 0.119 e. The third-order valence-electron chi connectivity index (χ3n) is 3.56. The number of nitrogens with zero attached hydrogens (tertiary/aromatic N) is 1. The average Bonchev–Trinajstić information content (AvgIpc) is 2.86. The van der Waals surface area contributed by atoms with Gasteiger partial charge in [-0.2, -0.15) is 0 Å². The Bertz CT molecular complexity index is 379. The van der Waals surface area contributed by atoms with Gasteiger partial charge in [0.1, 0.15) is 18.5 Å². The molecule has 1 heterocycles. The molecule has 4 heteroatoms. The highest BCUT2D eigenvalue weighted by atomic mass is 16.5. The van der Waals surface area contributed by atoms with Crippen LogP contribution in [-0.2, 0) is 0 Å². The van der Waals surface area contributed by atoms with Gasteiger partial charge in [-0.25, -0.2) is 0 Å². The fraction of sp³-hybridized carbons (Fsp3) is 0.600. The molecule has 19 heavy (non-hydrogen) atoms. The number of β-amino-alcohol motifs (C(OH)–C–C–N with tert-alkyl or cyclic N) is 1. The quantitative estimate of drug-likeness (QED) is 0.807. The molecular weight excluding hydrogens is 242 g/mol. The van der Waals surface area contributed by atoms with Crippen molar-refractivity contribution in [1.29, 1.82) is 0 Å². The molecule has 2 N–H and O–H groups in total. The van der Waals surface area contributed by atoms with Crippen LogP contribution in [0.5, 0.6) is 5.75 Å². The van der Waals surface area contributed by atoms with Crippen molar-refractivity contribution < 1.29 is 14.9 Å². The molecule has 1 aromatic carbocycles. The zero-order valence-corrected chi connectivity index (χ0v) is 11.5. The Labute approximate surface area is 114 Å². The first kappa shape index (κ1) is 14.3. The summed E-state index contributed by atoms with van der Waals surface area (Å²) in [6, 6.07) is 7.82. The molecule has 2 unspecified atom stereocenters. The summed E-state index contributed by atoms with van der Waals surface area (Å²) in [6.45, 7) is 5.02. The number of rotatable bonds is 6. The van der Waals surface area contributed by atoms with Gasteiger partial charge in [-0.05, 0) is 37.9 Å². The van der Waals surface area contributed by atoms with E-state index in [1.807, 2.05) is 31.2 Å². The summed E-state index contributed by atoms with van der Waals surface area (Å²) >= 11 is 0. The molecule has 0 amide bonds. The minimum Gasteiger partial charge on any atom is -0.491 e. The van der Waals surface area contributed by atoms with E-state index in [0.717, 1.165) is 25.3 Å². The molecule has 1 aromatic rings. The molecule has 0 aliphatic carbocycles. The molecule has 1 aliphatic heterocycles. The van der Waals surface area contributed by atoms with Gasteiger partial charge in [0.25, 0.3) is 0 Å². The molecule has 1 fully saturated rings. The molecular formula is C15H23NO3. The van der Waals surface area contributed by atoms with E-state index in [4.69, 9.17) is 9.84 Å². The molecule has 0 bridgehead atoms. The highest BCUT2D eigenvalue weighted by Gasteiger charge is 2.23. The topological polar surface area (TPSA) is 52.9 Å². The molecule has 0 saturated carbocycles. The number of ether oxygens (including phenoxy) is 1. The van der Waals surface area contributed by atoms with Crippen LogP contribution < -0.4 is 4.74 Å².